The molecule has 2 fully saturated rings. The standard InChI is InChI=1S/C25H31N3O5.C13H18N2O2.C12H15NO4/c1-25(2,3)33-24(31)27-20-11-9-19(10-12-20)22(29)28-15-13-21(14-16-28)26-23(30)32-17-18-7-5-4-6-8-18;16-13(15-12-6-8-14-9-7-12)17-10-11-4-2-1-3-5-11;1-12(2,3)17-11(16)13-9-6-4-8(5-7-9)10(14)15/h4-12,21H,13-17H2,1-3H3,(H,26,30)(H,27,31);1-5,12,14H,6-10H2,(H,15,16);4-7H,1-3H3,(H,13,16)(H,14,15). The molecule has 0 bridgehead atoms. The smallest absolute Gasteiger partial charge is 0.412 e. The van der Waals surface area contributed by atoms with Gasteiger partial charge >= 0.3 is 30.3 Å². The van der Waals surface area contributed by atoms with E-state index in [1.54, 1.807) is 70.7 Å². The fourth-order valence-electron chi connectivity index (χ4n) is 6.47. The maximum atomic E-state index is 12.8. The minimum absolute atomic E-state index is 0.0299. The highest BCUT2D eigenvalue weighted by molar-refractivity contribution is 5.95. The number of carboxylic acids is 1. The predicted molar refractivity (Wildman–Crippen MR) is 254 cm³/mol. The van der Waals surface area contributed by atoms with Crippen molar-refractivity contribution in [1.82, 2.24) is 20.9 Å². The van der Waals surface area contributed by atoms with Crippen LogP contribution in [0, 0.1) is 0 Å². The van der Waals surface area contributed by atoms with Gasteiger partial charge in [-0.15, -0.1) is 0 Å². The molecule has 17 nitrogen and oxygen atoms in total. The third-order valence-corrected chi connectivity index (χ3v) is 9.75. The summed E-state index contributed by atoms with van der Waals surface area (Å²) in [5, 5.41) is 22.9. The second kappa shape index (κ2) is 26.1. The number of nitrogens with zero attached hydrogens (tertiary/aromatic N) is 1. The Balaban J connectivity index is 0.000000242. The molecule has 4 aromatic rings. The summed E-state index contributed by atoms with van der Waals surface area (Å²) in [6.07, 6.45) is 1.38. The van der Waals surface area contributed by atoms with Crippen LogP contribution in [0.4, 0.5) is 30.6 Å². The SMILES string of the molecule is CC(C)(C)OC(=O)Nc1ccc(C(=O)N2CCC(NC(=O)OCc3ccccc3)CC2)cc1.CC(C)(C)OC(=O)Nc1ccc(C(=O)O)cc1.O=C(NC1CCNCC1)OCc1ccccc1. The van der Waals surface area contributed by atoms with Crippen LogP contribution >= 0.6 is 0 Å². The molecule has 67 heavy (non-hydrogen) atoms. The van der Waals surface area contributed by atoms with Crippen LogP contribution in [0.3, 0.4) is 0 Å². The van der Waals surface area contributed by atoms with Gasteiger partial charge in [-0.05, 0) is 140 Å². The Morgan fingerprint density at radius 3 is 1.33 bits per heavy atom. The number of rotatable bonds is 10. The first kappa shape index (κ1) is 52.5. The van der Waals surface area contributed by atoms with Crippen LogP contribution in [-0.4, -0.2) is 95.7 Å². The Bertz CT molecular complexity index is 2180. The highest BCUT2D eigenvalue weighted by Gasteiger charge is 2.25. The number of piperidine rings is 2. The molecule has 2 saturated heterocycles. The number of nitrogens with one attached hydrogen (secondary N) is 5. The zero-order valence-electron chi connectivity index (χ0n) is 39.1. The van der Waals surface area contributed by atoms with Crippen molar-refractivity contribution in [1.29, 1.82) is 0 Å². The van der Waals surface area contributed by atoms with Gasteiger partial charge in [-0.25, -0.2) is 24.0 Å². The molecule has 360 valence electrons. The van der Waals surface area contributed by atoms with Crippen LogP contribution in [0.1, 0.15) is 99.1 Å². The molecule has 0 saturated carbocycles. The average molecular weight is 925 g/mol. The minimum atomic E-state index is -1.01. The van der Waals surface area contributed by atoms with E-state index in [9.17, 15) is 28.8 Å². The predicted octanol–water partition coefficient (Wildman–Crippen LogP) is 8.96. The van der Waals surface area contributed by atoms with E-state index in [2.05, 4.69) is 26.6 Å². The molecule has 6 rings (SSSR count). The van der Waals surface area contributed by atoms with E-state index in [1.165, 1.54) is 24.3 Å². The lowest BCUT2D eigenvalue weighted by Gasteiger charge is -2.32. The Morgan fingerprint density at radius 1 is 0.552 bits per heavy atom. The van der Waals surface area contributed by atoms with E-state index < -0.39 is 35.5 Å². The van der Waals surface area contributed by atoms with Gasteiger partial charge in [-0.1, -0.05) is 60.7 Å². The van der Waals surface area contributed by atoms with Gasteiger partial charge in [0.05, 0.1) is 5.56 Å². The summed E-state index contributed by atoms with van der Waals surface area (Å²) >= 11 is 0. The number of carbonyl (C=O) groups excluding carboxylic acids is 5. The van der Waals surface area contributed by atoms with Crippen molar-refractivity contribution in [3.05, 3.63) is 131 Å². The Morgan fingerprint density at radius 2 is 0.940 bits per heavy atom. The van der Waals surface area contributed by atoms with E-state index in [-0.39, 0.29) is 36.3 Å². The van der Waals surface area contributed by atoms with Gasteiger partial charge in [0.1, 0.15) is 24.4 Å². The summed E-state index contributed by atoms with van der Waals surface area (Å²) in [6, 6.07) is 32.0. The van der Waals surface area contributed by atoms with Crippen molar-refractivity contribution < 1.29 is 52.8 Å². The number of carbonyl (C=O) groups is 6. The maximum Gasteiger partial charge on any atom is 0.412 e. The number of amides is 5. The van der Waals surface area contributed by atoms with E-state index >= 15 is 0 Å². The Labute approximate surface area is 392 Å². The molecule has 0 aromatic heterocycles. The molecule has 0 aliphatic carbocycles. The highest BCUT2D eigenvalue weighted by Crippen LogP contribution is 2.18. The molecular formula is C50H64N6O11. The lowest BCUT2D eigenvalue weighted by atomic mass is 10.0. The molecule has 4 aromatic carbocycles. The van der Waals surface area contributed by atoms with Gasteiger partial charge in [0.15, 0.2) is 0 Å². The molecule has 0 radical (unpaired) electrons. The van der Waals surface area contributed by atoms with Gasteiger partial charge in [0.25, 0.3) is 5.91 Å². The van der Waals surface area contributed by atoms with E-state index in [4.69, 9.17) is 24.1 Å². The highest BCUT2D eigenvalue weighted by atomic mass is 16.6. The first-order chi connectivity index (χ1) is 31.8. The average Bonchev–Trinajstić information content (AvgIpc) is 3.28. The van der Waals surface area contributed by atoms with E-state index in [0.717, 1.165) is 37.1 Å². The number of ether oxygens (including phenoxy) is 4. The molecule has 5 amide bonds. The number of alkyl carbamates (subject to hydrolysis) is 2. The third-order valence-electron chi connectivity index (χ3n) is 9.75. The van der Waals surface area contributed by atoms with Crippen molar-refractivity contribution in [2.45, 2.75) is 104 Å². The number of anilines is 2. The van der Waals surface area contributed by atoms with Crippen LogP contribution < -0.4 is 26.6 Å². The number of carboxylic acid groups (broad SMARTS) is 1. The Hall–Kier alpha value is -7.14. The first-order valence-corrected chi connectivity index (χ1v) is 22.2. The van der Waals surface area contributed by atoms with Gasteiger partial charge in [0.2, 0.25) is 0 Å². The fourth-order valence-corrected chi connectivity index (χ4v) is 6.47. The van der Waals surface area contributed by atoms with Gasteiger partial charge < -0.3 is 44.9 Å². The molecule has 0 unspecified atom stereocenters. The number of aromatic carboxylic acids is 1. The van der Waals surface area contributed by atoms with E-state index in [0.29, 0.717) is 49.5 Å². The monoisotopic (exact) mass is 924 g/mol. The zero-order chi connectivity index (χ0) is 48.8. The summed E-state index contributed by atoms with van der Waals surface area (Å²) in [5.74, 6) is -1.09. The molecule has 2 heterocycles. The van der Waals surface area contributed by atoms with Crippen LogP contribution in [0.5, 0.6) is 0 Å². The van der Waals surface area contributed by atoms with Crippen LogP contribution in [0.15, 0.2) is 109 Å². The van der Waals surface area contributed by atoms with E-state index in [1.807, 2.05) is 60.7 Å². The molecule has 2 aliphatic rings. The molecule has 6 N–H and O–H groups in total. The second-order valence-corrected chi connectivity index (χ2v) is 17.7. The fraction of sp³-hybridized carbons (Fsp3) is 0.400. The van der Waals surface area contributed by atoms with Crippen molar-refractivity contribution in [2.24, 2.45) is 0 Å². The molecule has 0 atom stereocenters. The number of hydrogen-bond donors (Lipinski definition) is 6. The topological polar surface area (TPSA) is 223 Å². The summed E-state index contributed by atoms with van der Waals surface area (Å²) in [6.45, 7) is 14.2. The number of hydrogen-bond acceptors (Lipinski definition) is 11. The minimum Gasteiger partial charge on any atom is -0.478 e. The summed E-state index contributed by atoms with van der Waals surface area (Å²) in [7, 11) is 0. The lowest BCUT2D eigenvalue weighted by Crippen LogP contribution is -2.46. The normalized spacial score (nSPS) is 14.0. The molecule has 2 aliphatic heterocycles. The van der Waals surface area contributed by atoms with Crippen LogP contribution in [0.2, 0.25) is 0 Å². The summed E-state index contributed by atoms with van der Waals surface area (Å²) in [4.78, 5) is 72.0. The van der Waals surface area contributed by atoms with Gasteiger partial charge in [-0.2, -0.15) is 0 Å². The van der Waals surface area contributed by atoms with Crippen molar-refractivity contribution in [2.75, 3.05) is 36.8 Å². The lowest BCUT2D eigenvalue weighted by molar-refractivity contribution is 0.0624. The summed E-state index contributed by atoms with van der Waals surface area (Å²) in [5.41, 5.74) is 2.54. The molecule has 0 spiro atoms. The van der Waals surface area contributed by atoms with Crippen molar-refractivity contribution in [3.8, 4) is 0 Å². The van der Waals surface area contributed by atoms with Crippen molar-refractivity contribution in [3.63, 3.8) is 0 Å². The molecule has 17 heteroatoms. The van der Waals surface area contributed by atoms with Gasteiger partial charge in [0, 0.05) is 42.1 Å². The third kappa shape index (κ3) is 21.1. The number of likely N-dealkylation sites (tertiary alicyclic amines) is 1. The zero-order valence-corrected chi connectivity index (χ0v) is 39.1. The quantitative estimate of drug-likeness (QED) is 0.0821. The first-order valence-electron chi connectivity index (χ1n) is 22.2. The maximum absolute atomic E-state index is 12.8. The Kier molecular flexibility index (Phi) is 20.5. The number of benzene rings is 4. The van der Waals surface area contributed by atoms with Crippen molar-refractivity contribution >= 4 is 47.6 Å². The second-order valence-electron chi connectivity index (χ2n) is 17.7. The van der Waals surface area contributed by atoms with Gasteiger partial charge in [-0.3, -0.25) is 15.4 Å². The largest absolute Gasteiger partial charge is 0.478 e. The summed E-state index contributed by atoms with van der Waals surface area (Å²) < 4.78 is 20.7. The molecular weight excluding hydrogens is 861 g/mol. The van der Waals surface area contributed by atoms with Crippen LogP contribution in [-0.2, 0) is 32.2 Å². The van der Waals surface area contributed by atoms with Crippen LogP contribution in [0.25, 0.3) is 0 Å².